The van der Waals surface area contributed by atoms with Gasteiger partial charge in [0.25, 0.3) is 0 Å². The normalized spacial score (nSPS) is 18.3. The highest BCUT2D eigenvalue weighted by Gasteiger charge is 2.31. The van der Waals surface area contributed by atoms with Crippen molar-refractivity contribution in [1.29, 1.82) is 0 Å². The Labute approximate surface area is 153 Å². The Morgan fingerprint density at radius 3 is 2.88 bits per heavy atom. The first-order valence-electron chi connectivity index (χ1n) is 8.90. The summed E-state index contributed by atoms with van der Waals surface area (Å²) >= 11 is 0. The van der Waals surface area contributed by atoms with Gasteiger partial charge in [0.05, 0.1) is 12.2 Å². The Bertz CT molecular complexity index is 600. The summed E-state index contributed by atoms with van der Waals surface area (Å²) in [5.74, 6) is 0.0147. The topological polar surface area (TPSA) is 97.1 Å². The molecule has 2 atom stereocenters. The molecule has 0 radical (unpaired) electrons. The van der Waals surface area contributed by atoms with Crippen LogP contribution in [-0.2, 0) is 4.74 Å². The van der Waals surface area contributed by atoms with Crippen LogP contribution in [0.3, 0.4) is 0 Å². The average molecular weight is 369 g/mol. The molecule has 1 saturated heterocycles. The second-order valence-corrected chi connectivity index (χ2v) is 6.82. The van der Waals surface area contributed by atoms with Gasteiger partial charge in [-0.25, -0.2) is 9.18 Å². The van der Waals surface area contributed by atoms with Gasteiger partial charge in [-0.3, -0.25) is 4.90 Å². The smallest absolute Gasteiger partial charge is 0.414 e. The van der Waals surface area contributed by atoms with Crippen molar-refractivity contribution in [2.45, 2.75) is 32.5 Å². The molecule has 0 bridgehead atoms. The van der Waals surface area contributed by atoms with Crippen LogP contribution in [-0.4, -0.2) is 56.2 Å². The average Bonchev–Trinajstić information content (AvgIpc) is 2.98. The van der Waals surface area contributed by atoms with E-state index in [1.54, 1.807) is 6.07 Å². The first kappa shape index (κ1) is 20.4. The third kappa shape index (κ3) is 5.82. The lowest BCUT2D eigenvalue weighted by atomic mass is 10.1. The molecule has 1 unspecified atom stereocenters. The van der Waals surface area contributed by atoms with Crippen molar-refractivity contribution in [2.24, 2.45) is 11.7 Å². The maximum Gasteiger partial charge on any atom is 0.414 e. The number of hydrogen-bond acceptors (Lipinski definition) is 6. The highest BCUT2D eigenvalue weighted by Crippen LogP contribution is 2.27. The minimum absolute atomic E-state index is 0.0219. The first-order chi connectivity index (χ1) is 12.4. The zero-order chi connectivity index (χ0) is 19.1. The monoisotopic (exact) mass is 369 g/mol. The Morgan fingerprint density at radius 1 is 1.50 bits per heavy atom. The summed E-state index contributed by atoms with van der Waals surface area (Å²) in [6.07, 6.45) is -0.649. The molecule has 26 heavy (non-hydrogen) atoms. The minimum Gasteiger partial charge on any atom is -0.488 e. The van der Waals surface area contributed by atoms with Crippen LogP contribution in [0.1, 0.15) is 20.3 Å². The number of nitrogens with two attached hydrogens (primary N) is 1. The van der Waals surface area contributed by atoms with Gasteiger partial charge in [0, 0.05) is 19.2 Å². The summed E-state index contributed by atoms with van der Waals surface area (Å²) < 4.78 is 24.6. The lowest BCUT2D eigenvalue weighted by molar-refractivity contribution is 0.104. The summed E-state index contributed by atoms with van der Waals surface area (Å²) in [6, 6.07) is 4.22. The van der Waals surface area contributed by atoms with Crippen LogP contribution in [0.15, 0.2) is 18.2 Å². The number of carbonyl (C=O) groups excluding carboxylic acids is 1. The third-order valence-corrected chi connectivity index (χ3v) is 4.07. The second-order valence-electron chi connectivity index (χ2n) is 6.82. The standard InChI is InChI=1S/C18H28FN3O4/c1-12(2)5-6-21-9-14(23)11-25-17-4-3-13(7-16(17)19)22-10-15(8-20)26-18(22)24/h3-4,7,12,14-15,21,23H,5-6,8-11,20H2,1-2H3/t14?,15-/m0/s1. The lowest BCUT2D eigenvalue weighted by Gasteiger charge is -2.16. The predicted octanol–water partition coefficient (Wildman–Crippen LogP) is 1.48. The fourth-order valence-corrected chi connectivity index (χ4v) is 2.53. The molecule has 7 nitrogen and oxygen atoms in total. The maximum atomic E-state index is 14.2. The largest absolute Gasteiger partial charge is 0.488 e. The molecule has 1 heterocycles. The molecule has 2 rings (SSSR count). The summed E-state index contributed by atoms with van der Waals surface area (Å²) in [7, 11) is 0. The molecule has 1 fully saturated rings. The molecule has 0 spiro atoms. The van der Waals surface area contributed by atoms with E-state index in [1.165, 1.54) is 17.0 Å². The maximum absolute atomic E-state index is 14.2. The molecular weight excluding hydrogens is 341 g/mol. The Balaban J connectivity index is 1.83. The third-order valence-electron chi connectivity index (χ3n) is 4.07. The van der Waals surface area contributed by atoms with E-state index in [9.17, 15) is 14.3 Å². The second kappa shape index (κ2) is 9.70. The number of anilines is 1. The number of nitrogens with zero attached hydrogens (tertiary/aromatic N) is 1. The molecule has 1 aliphatic rings. The summed E-state index contributed by atoms with van der Waals surface area (Å²) in [5, 5.41) is 13.0. The van der Waals surface area contributed by atoms with Gasteiger partial charge < -0.3 is 25.6 Å². The van der Waals surface area contributed by atoms with Gasteiger partial charge in [-0.05, 0) is 31.0 Å². The van der Waals surface area contributed by atoms with Gasteiger partial charge in [-0.1, -0.05) is 13.8 Å². The number of ether oxygens (including phenoxy) is 2. The Kier molecular flexibility index (Phi) is 7.62. The lowest BCUT2D eigenvalue weighted by Crippen LogP contribution is -2.32. The zero-order valence-corrected chi connectivity index (χ0v) is 15.3. The molecular formula is C18H28FN3O4. The van der Waals surface area contributed by atoms with Crippen molar-refractivity contribution >= 4 is 11.8 Å². The molecule has 0 aliphatic carbocycles. The van der Waals surface area contributed by atoms with E-state index in [1.807, 2.05) is 0 Å². The van der Waals surface area contributed by atoms with Crippen LogP contribution < -0.4 is 20.7 Å². The van der Waals surface area contributed by atoms with Gasteiger partial charge in [0.15, 0.2) is 11.6 Å². The summed E-state index contributed by atoms with van der Waals surface area (Å²) in [5.41, 5.74) is 5.87. The quantitative estimate of drug-likeness (QED) is 0.541. The zero-order valence-electron chi connectivity index (χ0n) is 15.3. The van der Waals surface area contributed by atoms with Gasteiger partial charge >= 0.3 is 6.09 Å². The molecule has 8 heteroatoms. The van der Waals surface area contributed by atoms with E-state index in [0.29, 0.717) is 18.2 Å². The fraction of sp³-hybridized carbons (Fsp3) is 0.611. The van der Waals surface area contributed by atoms with E-state index in [4.69, 9.17) is 15.2 Å². The van der Waals surface area contributed by atoms with Crippen molar-refractivity contribution in [3.05, 3.63) is 24.0 Å². The molecule has 1 aliphatic heterocycles. The van der Waals surface area contributed by atoms with Crippen molar-refractivity contribution in [2.75, 3.05) is 37.7 Å². The molecule has 1 amide bonds. The van der Waals surface area contributed by atoms with Gasteiger partial charge in [-0.15, -0.1) is 0 Å². The summed E-state index contributed by atoms with van der Waals surface area (Å²) in [6.45, 7) is 5.94. The van der Waals surface area contributed by atoms with E-state index in [-0.39, 0.29) is 31.5 Å². The number of aliphatic hydroxyl groups is 1. The molecule has 1 aromatic carbocycles. The van der Waals surface area contributed by atoms with E-state index in [0.717, 1.165) is 13.0 Å². The minimum atomic E-state index is -0.736. The van der Waals surface area contributed by atoms with Gasteiger partial charge in [-0.2, -0.15) is 0 Å². The molecule has 1 aromatic rings. The van der Waals surface area contributed by atoms with E-state index < -0.39 is 18.0 Å². The van der Waals surface area contributed by atoms with E-state index in [2.05, 4.69) is 19.2 Å². The van der Waals surface area contributed by atoms with Crippen LogP contribution in [0.2, 0.25) is 0 Å². The number of cyclic esters (lactones) is 1. The Hall–Kier alpha value is -1.90. The highest BCUT2D eigenvalue weighted by atomic mass is 19.1. The number of rotatable bonds is 10. The molecule has 0 saturated carbocycles. The Morgan fingerprint density at radius 2 is 2.27 bits per heavy atom. The number of aliphatic hydroxyl groups excluding tert-OH is 1. The van der Waals surface area contributed by atoms with Crippen LogP contribution >= 0.6 is 0 Å². The molecule has 146 valence electrons. The van der Waals surface area contributed by atoms with E-state index >= 15 is 0 Å². The first-order valence-corrected chi connectivity index (χ1v) is 8.90. The van der Waals surface area contributed by atoms with Crippen molar-refractivity contribution in [1.82, 2.24) is 5.32 Å². The summed E-state index contributed by atoms with van der Waals surface area (Å²) in [4.78, 5) is 13.1. The number of carbonyl (C=O) groups is 1. The van der Waals surface area contributed by atoms with Gasteiger partial charge in [0.1, 0.15) is 18.8 Å². The molecule has 4 N–H and O–H groups in total. The number of amides is 1. The van der Waals surface area contributed by atoms with Crippen molar-refractivity contribution < 1.29 is 23.8 Å². The number of halogens is 1. The highest BCUT2D eigenvalue weighted by molar-refractivity contribution is 5.89. The number of benzene rings is 1. The number of nitrogens with one attached hydrogen (secondary N) is 1. The van der Waals surface area contributed by atoms with Crippen molar-refractivity contribution in [3.8, 4) is 5.75 Å². The number of hydrogen-bond donors (Lipinski definition) is 3. The fourth-order valence-electron chi connectivity index (χ4n) is 2.53. The van der Waals surface area contributed by atoms with Crippen LogP contribution in [0.4, 0.5) is 14.9 Å². The van der Waals surface area contributed by atoms with Crippen LogP contribution in [0.25, 0.3) is 0 Å². The predicted molar refractivity (Wildman–Crippen MR) is 96.9 cm³/mol. The van der Waals surface area contributed by atoms with Gasteiger partial charge in [0.2, 0.25) is 0 Å². The van der Waals surface area contributed by atoms with Crippen molar-refractivity contribution in [3.63, 3.8) is 0 Å². The molecule has 0 aromatic heterocycles. The van der Waals surface area contributed by atoms with Crippen LogP contribution in [0.5, 0.6) is 5.75 Å². The van der Waals surface area contributed by atoms with Crippen LogP contribution in [0, 0.1) is 11.7 Å². The SMILES string of the molecule is CC(C)CCNCC(O)COc1ccc(N2C[C@H](CN)OC2=O)cc1F.